The fourth-order valence-electron chi connectivity index (χ4n) is 3.19. The number of hydrogen-bond acceptors (Lipinski definition) is 3. The van der Waals surface area contributed by atoms with Gasteiger partial charge in [-0.15, -0.1) is 0 Å². The molecule has 0 radical (unpaired) electrons. The highest BCUT2D eigenvalue weighted by Gasteiger charge is 2.20. The molecule has 1 aliphatic rings. The first-order valence-corrected chi connectivity index (χ1v) is 8.61. The highest BCUT2D eigenvalue weighted by molar-refractivity contribution is 5.14. The van der Waals surface area contributed by atoms with Gasteiger partial charge >= 0.3 is 0 Å². The molecule has 21 heavy (non-hydrogen) atoms. The minimum absolute atomic E-state index is 0.281. The van der Waals surface area contributed by atoms with Crippen molar-refractivity contribution in [1.29, 1.82) is 0 Å². The van der Waals surface area contributed by atoms with Crippen LogP contribution in [-0.4, -0.2) is 30.3 Å². The maximum Gasteiger partial charge on any atom is 0.114 e. The van der Waals surface area contributed by atoms with E-state index in [1.165, 1.54) is 37.7 Å². The van der Waals surface area contributed by atoms with Crippen LogP contribution in [0.4, 0.5) is 0 Å². The summed E-state index contributed by atoms with van der Waals surface area (Å²) in [7, 11) is 0. The van der Waals surface area contributed by atoms with E-state index in [-0.39, 0.29) is 6.29 Å². The summed E-state index contributed by atoms with van der Waals surface area (Å²) in [5.74, 6) is 0. The Balaban J connectivity index is 1.91. The number of nitrogens with zero attached hydrogens (tertiary/aromatic N) is 1. The molecule has 1 aliphatic carbocycles. The quantitative estimate of drug-likeness (QED) is 0.719. The molecule has 1 aromatic rings. The summed E-state index contributed by atoms with van der Waals surface area (Å²) < 4.78 is 0. The van der Waals surface area contributed by atoms with Crippen molar-refractivity contribution in [3.05, 3.63) is 35.9 Å². The lowest BCUT2D eigenvalue weighted by molar-refractivity contribution is 0.124. The summed E-state index contributed by atoms with van der Waals surface area (Å²) in [5, 5.41) is 7.54. The summed E-state index contributed by atoms with van der Waals surface area (Å²) in [4.78, 5) is 2.47. The fraction of sp³-hybridized carbons (Fsp3) is 0.667. The topological polar surface area (TPSA) is 27.3 Å². The molecule has 0 saturated heterocycles. The Kier molecular flexibility index (Phi) is 7.20. The number of benzene rings is 1. The zero-order valence-electron chi connectivity index (χ0n) is 13.6. The van der Waals surface area contributed by atoms with Gasteiger partial charge in [-0.1, -0.05) is 63.4 Å². The molecule has 3 nitrogen and oxygen atoms in total. The van der Waals surface area contributed by atoms with Crippen LogP contribution in [0, 0.1) is 0 Å². The SMILES string of the molecule is CCN(CC)C(NCc1ccccc1)NC1CCCCC1. The van der Waals surface area contributed by atoms with E-state index in [0.29, 0.717) is 6.04 Å². The smallest absolute Gasteiger partial charge is 0.114 e. The van der Waals surface area contributed by atoms with Crippen LogP contribution in [0.3, 0.4) is 0 Å². The summed E-state index contributed by atoms with van der Waals surface area (Å²) in [5.41, 5.74) is 1.35. The first kappa shape index (κ1) is 16.5. The molecular weight excluding hydrogens is 258 g/mol. The van der Waals surface area contributed by atoms with Crippen LogP contribution in [0.25, 0.3) is 0 Å². The van der Waals surface area contributed by atoms with E-state index < -0.39 is 0 Å². The first-order chi connectivity index (χ1) is 10.3. The molecule has 0 spiro atoms. The molecular formula is C18H31N3. The molecule has 0 aromatic heterocycles. The van der Waals surface area contributed by atoms with Gasteiger partial charge in [-0.3, -0.25) is 15.5 Å². The van der Waals surface area contributed by atoms with Gasteiger partial charge < -0.3 is 0 Å². The van der Waals surface area contributed by atoms with Gasteiger partial charge in [0.15, 0.2) is 0 Å². The average Bonchev–Trinajstić information content (AvgIpc) is 2.55. The van der Waals surface area contributed by atoms with Crippen LogP contribution in [0.5, 0.6) is 0 Å². The maximum absolute atomic E-state index is 3.84. The second-order valence-corrected chi connectivity index (χ2v) is 5.99. The molecule has 118 valence electrons. The van der Waals surface area contributed by atoms with Crippen molar-refractivity contribution >= 4 is 0 Å². The lowest BCUT2D eigenvalue weighted by Crippen LogP contribution is -2.57. The molecule has 1 fully saturated rings. The molecule has 2 N–H and O–H groups in total. The summed E-state index contributed by atoms with van der Waals surface area (Å²) in [6.45, 7) is 7.54. The van der Waals surface area contributed by atoms with Crippen molar-refractivity contribution in [3.63, 3.8) is 0 Å². The molecule has 0 amide bonds. The summed E-state index contributed by atoms with van der Waals surface area (Å²) >= 11 is 0. The predicted molar refractivity (Wildman–Crippen MR) is 90.0 cm³/mol. The number of hydrogen-bond donors (Lipinski definition) is 2. The van der Waals surface area contributed by atoms with Gasteiger partial charge in [0.1, 0.15) is 6.29 Å². The van der Waals surface area contributed by atoms with E-state index in [1.807, 2.05) is 0 Å². The van der Waals surface area contributed by atoms with Crippen molar-refractivity contribution in [1.82, 2.24) is 15.5 Å². The molecule has 0 heterocycles. The third-order valence-corrected chi connectivity index (χ3v) is 4.52. The van der Waals surface area contributed by atoms with Crippen LogP contribution in [0.1, 0.15) is 51.5 Å². The Morgan fingerprint density at radius 3 is 2.33 bits per heavy atom. The predicted octanol–water partition coefficient (Wildman–Crippen LogP) is 3.32. The zero-order valence-corrected chi connectivity index (χ0v) is 13.6. The van der Waals surface area contributed by atoms with Crippen LogP contribution in [-0.2, 0) is 6.54 Å². The minimum Gasteiger partial charge on any atom is -0.287 e. The van der Waals surface area contributed by atoms with Crippen molar-refractivity contribution in [3.8, 4) is 0 Å². The summed E-state index contributed by atoms with van der Waals surface area (Å²) in [6, 6.07) is 11.3. The molecule has 1 saturated carbocycles. The Hall–Kier alpha value is -0.900. The molecule has 2 rings (SSSR count). The lowest BCUT2D eigenvalue weighted by atomic mass is 9.95. The molecule has 0 bridgehead atoms. The van der Waals surface area contributed by atoms with Gasteiger partial charge in [-0.2, -0.15) is 0 Å². The fourth-order valence-corrected chi connectivity index (χ4v) is 3.19. The molecule has 3 heteroatoms. The Labute approximate surface area is 130 Å². The Bertz CT molecular complexity index is 369. The second-order valence-electron chi connectivity index (χ2n) is 5.99. The zero-order chi connectivity index (χ0) is 14.9. The summed E-state index contributed by atoms with van der Waals surface area (Å²) in [6.07, 6.45) is 7.09. The van der Waals surface area contributed by atoms with E-state index in [4.69, 9.17) is 0 Å². The van der Waals surface area contributed by atoms with Gasteiger partial charge in [0.25, 0.3) is 0 Å². The van der Waals surface area contributed by atoms with Crippen molar-refractivity contribution in [2.75, 3.05) is 13.1 Å². The van der Waals surface area contributed by atoms with E-state index in [0.717, 1.165) is 19.6 Å². The van der Waals surface area contributed by atoms with E-state index >= 15 is 0 Å². The molecule has 0 aliphatic heterocycles. The highest BCUT2D eigenvalue weighted by Crippen LogP contribution is 2.18. The van der Waals surface area contributed by atoms with Crippen molar-refractivity contribution in [2.24, 2.45) is 0 Å². The largest absolute Gasteiger partial charge is 0.287 e. The van der Waals surface area contributed by atoms with Crippen molar-refractivity contribution < 1.29 is 0 Å². The molecule has 1 atom stereocenters. The lowest BCUT2D eigenvalue weighted by Gasteiger charge is -2.35. The van der Waals surface area contributed by atoms with E-state index in [1.54, 1.807) is 0 Å². The maximum atomic E-state index is 3.84. The Morgan fingerprint density at radius 2 is 1.71 bits per heavy atom. The monoisotopic (exact) mass is 289 g/mol. The van der Waals surface area contributed by atoms with Crippen LogP contribution >= 0.6 is 0 Å². The van der Waals surface area contributed by atoms with E-state index in [2.05, 4.69) is 59.7 Å². The van der Waals surface area contributed by atoms with Crippen LogP contribution in [0.15, 0.2) is 30.3 Å². The van der Waals surface area contributed by atoms with E-state index in [9.17, 15) is 0 Å². The standard InChI is InChI=1S/C18H31N3/c1-3-21(4-2)18(20-17-13-9-6-10-14-17)19-15-16-11-7-5-8-12-16/h5,7-8,11-12,17-20H,3-4,6,9-10,13-15H2,1-2H3. The van der Waals surface area contributed by atoms with Crippen molar-refractivity contribution in [2.45, 2.75) is 64.8 Å². The van der Waals surface area contributed by atoms with Crippen LogP contribution < -0.4 is 10.6 Å². The number of rotatable bonds is 8. The first-order valence-electron chi connectivity index (χ1n) is 8.61. The van der Waals surface area contributed by atoms with Gasteiger partial charge in [0.05, 0.1) is 0 Å². The van der Waals surface area contributed by atoms with Gasteiger partial charge in [0, 0.05) is 12.6 Å². The molecule has 1 aromatic carbocycles. The van der Waals surface area contributed by atoms with Gasteiger partial charge in [0.2, 0.25) is 0 Å². The van der Waals surface area contributed by atoms with Gasteiger partial charge in [-0.05, 0) is 31.5 Å². The average molecular weight is 289 g/mol. The molecule has 1 unspecified atom stereocenters. The Morgan fingerprint density at radius 1 is 1.05 bits per heavy atom. The normalized spacial score (nSPS) is 18.0. The van der Waals surface area contributed by atoms with Crippen LogP contribution in [0.2, 0.25) is 0 Å². The van der Waals surface area contributed by atoms with Gasteiger partial charge in [-0.25, -0.2) is 0 Å². The second kappa shape index (κ2) is 9.19. The number of nitrogens with one attached hydrogen (secondary N) is 2. The third-order valence-electron chi connectivity index (χ3n) is 4.52. The third kappa shape index (κ3) is 5.42. The highest BCUT2D eigenvalue weighted by atomic mass is 15.4. The minimum atomic E-state index is 0.281.